The van der Waals surface area contributed by atoms with Gasteiger partial charge in [0.05, 0.1) is 7.11 Å². The van der Waals surface area contributed by atoms with E-state index in [-0.39, 0.29) is 24.5 Å². The third kappa shape index (κ3) is 4.50. The van der Waals surface area contributed by atoms with E-state index in [9.17, 15) is 14.4 Å². The Bertz CT molecular complexity index is 1060. The van der Waals surface area contributed by atoms with E-state index < -0.39 is 5.41 Å². The number of hydrogen-bond donors (Lipinski definition) is 2. The van der Waals surface area contributed by atoms with Gasteiger partial charge in [-0.15, -0.1) is 23.1 Å². The van der Waals surface area contributed by atoms with E-state index in [0.29, 0.717) is 42.0 Å². The third-order valence-corrected chi connectivity index (χ3v) is 7.66. The standard InChI is InChI=1S/C20H22ClN5O4S2/c1-30-19(29)25-6-5-20(10-25)11-26(14-3-2-12(21)8-13(14)20)18(28)24-17-23-16(9-32-17)31-7-4-15(22)27/h2-3,8-9H,4-7,10-11H2,1H3,(H2,22,27)(H,23,24,28). The Morgan fingerprint density at radius 2 is 2.19 bits per heavy atom. The number of ether oxygens (including phenoxy) is 1. The zero-order valence-corrected chi connectivity index (χ0v) is 19.7. The molecule has 0 saturated carbocycles. The van der Waals surface area contributed by atoms with Crippen molar-refractivity contribution in [2.24, 2.45) is 5.73 Å². The first-order valence-corrected chi connectivity index (χ1v) is 12.1. The fraction of sp³-hybridized carbons (Fsp3) is 0.400. The summed E-state index contributed by atoms with van der Waals surface area (Å²) in [5.41, 5.74) is 6.48. The molecule has 3 N–H and O–H groups in total. The summed E-state index contributed by atoms with van der Waals surface area (Å²) in [6, 6.07) is 5.16. The molecule has 0 aliphatic carbocycles. The topological polar surface area (TPSA) is 118 Å². The Hall–Kier alpha value is -2.50. The highest BCUT2D eigenvalue weighted by Crippen LogP contribution is 2.47. The summed E-state index contributed by atoms with van der Waals surface area (Å²) >= 11 is 8.99. The number of methoxy groups -OCH3 is 1. The fourth-order valence-electron chi connectivity index (χ4n) is 4.13. The molecule has 1 unspecified atom stereocenters. The van der Waals surface area contributed by atoms with Crippen LogP contribution in [0.3, 0.4) is 0 Å². The van der Waals surface area contributed by atoms with Crippen molar-refractivity contribution in [3.05, 3.63) is 34.2 Å². The second-order valence-corrected chi connectivity index (χ2v) is 10.1. The molecule has 32 heavy (non-hydrogen) atoms. The van der Waals surface area contributed by atoms with Gasteiger partial charge in [0.25, 0.3) is 0 Å². The Labute approximate surface area is 198 Å². The second-order valence-electron chi connectivity index (χ2n) is 7.66. The Kier molecular flexibility index (Phi) is 6.50. The van der Waals surface area contributed by atoms with Crippen LogP contribution in [0.4, 0.5) is 20.4 Å². The summed E-state index contributed by atoms with van der Waals surface area (Å²) in [4.78, 5) is 43.8. The first kappa shape index (κ1) is 22.7. The lowest BCUT2D eigenvalue weighted by molar-refractivity contribution is -0.117. The smallest absolute Gasteiger partial charge is 0.409 e. The number of nitrogens with one attached hydrogen (secondary N) is 1. The number of nitrogens with two attached hydrogens (primary N) is 1. The van der Waals surface area contributed by atoms with Crippen molar-refractivity contribution in [1.82, 2.24) is 9.88 Å². The van der Waals surface area contributed by atoms with Crippen molar-refractivity contribution < 1.29 is 19.1 Å². The number of primary amides is 1. The van der Waals surface area contributed by atoms with E-state index in [0.717, 1.165) is 16.3 Å². The van der Waals surface area contributed by atoms with E-state index >= 15 is 0 Å². The van der Waals surface area contributed by atoms with Gasteiger partial charge < -0.3 is 15.4 Å². The van der Waals surface area contributed by atoms with Crippen molar-refractivity contribution >= 4 is 63.6 Å². The Morgan fingerprint density at radius 3 is 2.94 bits per heavy atom. The number of thiazole rings is 1. The molecule has 1 spiro atoms. The number of nitrogens with zero attached hydrogens (tertiary/aromatic N) is 3. The summed E-state index contributed by atoms with van der Waals surface area (Å²) in [7, 11) is 1.36. The van der Waals surface area contributed by atoms with Crippen molar-refractivity contribution in [3.8, 4) is 0 Å². The molecule has 12 heteroatoms. The number of amides is 4. The van der Waals surface area contributed by atoms with Gasteiger partial charge in [0.15, 0.2) is 5.13 Å². The van der Waals surface area contributed by atoms with Gasteiger partial charge in [-0.3, -0.25) is 15.0 Å². The zero-order chi connectivity index (χ0) is 22.9. The van der Waals surface area contributed by atoms with Crippen LogP contribution in [-0.2, 0) is 14.9 Å². The number of aromatic nitrogens is 1. The van der Waals surface area contributed by atoms with Gasteiger partial charge in [0.2, 0.25) is 5.91 Å². The normalized spacial score (nSPS) is 19.3. The van der Waals surface area contributed by atoms with E-state index in [1.54, 1.807) is 15.9 Å². The van der Waals surface area contributed by atoms with Gasteiger partial charge in [0, 0.05) is 53.3 Å². The SMILES string of the molecule is COC(=O)N1CCC2(C1)CN(C(=O)Nc1nc(SCCC(N)=O)cs1)c1ccc(Cl)cc12. The maximum absolute atomic E-state index is 13.2. The van der Waals surface area contributed by atoms with Crippen LogP contribution >= 0.6 is 34.7 Å². The minimum Gasteiger partial charge on any atom is -0.453 e. The van der Waals surface area contributed by atoms with Gasteiger partial charge in [-0.25, -0.2) is 14.6 Å². The highest BCUT2D eigenvalue weighted by Gasteiger charge is 2.50. The van der Waals surface area contributed by atoms with Crippen LogP contribution in [-0.4, -0.2) is 60.4 Å². The monoisotopic (exact) mass is 495 g/mol. The maximum atomic E-state index is 13.2. The van der Waals surface area contributed by atoms with E-state index in [1.807, 2.05) is 17.5 Å². The molecule has 1 aromatic heterocycles. The maximum Gasteiger partial charge on any atom is 0.409 e. The molecule has 4 rings (SSSR count). The molecular weight excluding hydrogens is 474 g/mol. The number of anilines is 2. The van der Waals surface area contributed by atoms with Crippen LogP contribution in [0, 0.1) is 0 Å². The minimum absolute atomic E-state index is 0.266. The van der Waals surface area contributed by atoms with Gasteiger partial charge in [0.1, 0.15) is 5.03 Å². The summed E-state index contributed by atoms with van der Waals surface area (Å²) in [5.74, 6) is 0.173. The molecule has 2 aromatic rings. The Morgan fingerprint density at radius 1 is 1.38 bits per heavy atom. The van der Waals surface area contributed by atoms with Crippen LogP contribution in [0.1, 0.15) is 18.4 Å². The first-order valence-electron chi connectivity index (χ1n) is 9.89. The molecule has 9 nitrogen and oxygen atoms in total. The number of urea groups is 1. The average molecular weight is 496 g/mol. The fourth-order valence-corrected chi connectivity index (χ4v) is 6.00. The summed E-state index contributed by atoms with van der Waals surface area (Å²) < 4.78 is 4.88. The van der Waals surface area contributed by atoms with Gasteiger partial charge in [-0.2, -0.15) is 0 Å². The molecule has 2 aliphatic heterocycles. The second kappa shape index (κ2) is 9.16. The van der Waals surface area contributed by atoms with Crippen molar-refractivity contribution in [2.45, 2.75) is 23.3 Å². The van der Waals surface area contributed by atoms with Crippen LogP contribution in [0.5, 0.6) is 0 Å². The van der Waals surface area contributed by atoms with Crippen LogP contribution in [0.25, 0.3) is 0 Å². The molecule has 0 radical (unpaired) electrons. The summed E-state index contributed by atoms with van der Waals surface area (Å²) in [6.45, 7) is 1.43. The molecule has 0 bridgehead atoms. The van der Waals surface area contributed by atoms with Crippen molar-refractivity contribution in [2.75, 3.05) is 42.7 Å². The molecule has 1 fully saturated rings. The number of carbonyl (C=O) groups excluding carboxylic acids is 3. The molecule has 1 aromatic carbocycles. The molecule has 3 heterocycles. The predicted octanol–water partition coefficient (Wildman–Crippen LogP) is 3.53. The molecule has 1 saturated heterocycles. The quantitative estimate of drug-likeness (QED) is 0.613. The minimum atomic E-state index is -0.398. The number of halogens is 1. The summed E-state index contributed by atoms with van der Waals surface area (Å²) in [6.07, 6.45) is 0.594. The number of likely N-dealkylation sites (tertiary alicyclic amines) is 1. The highest BCUT2D eigenvalue weighted by molar-refractivity contribution is 7.99. The number of rotatable bonds is 5. The number of fused-ring (bicyclic) bond motifs is 2. The lowest BCUT2D eigenvalue weighted by Gasteiger charge is -2.25. The molecule has 4 amide bonds. The number of carbonyl (C=O) groups is 3. The zero-order valence-electron chi connectivity index (χ0n) is 17.3. The molecule has 170 valence electrons. The lowest BCUT2D eigenvalue weighted by atomic mass is 9.81. The Balaban J connectivity index is 1.50. The van der Waals surface area contributed by atoms with Crippen molar-refractivity contribution in [3.63, 3.8) is 0 Å². The van der Waals surface area contributed by atoms with E-state index in [4.69, 9.17) is 22.1 Å². The number of hydrogen-bond acceptors (Lipinski definition) is 7. The van der Waals surface area contributed by atoms with Crippen LogP contribution in [0.15, 0.2) is 28.6 Å². The molecule has 1 atom stereocenters. The third-order valence-electron chi connectivity index (χ3n) is 5.61. The van der Waals surface area contributed by atoms with E-state index in [2.05, 4.69) is 10.3 Å². The first-order chi connectivity index (χ1) is 15.3. The lowest BCUT2D eigenvalue weighted by Crippen LogP contribution is -2.41. The van der Waals surface area contributed by atoms with Gasteiger partial charge in [-0.05, 0) is 30.2 Å². The average Bonchev–Trinajstić information content (AvgIpc) is 3.46. The van der Waals surface area contributed by atoms with Crippen molar-refractivity contribution in [1.29, 1.82) is 0 Å². The predicted molar refractivity (Wildman–Crippen MR) is 125 cm³/mol. The highest BCUT2D eigenvalue weighted by atomic mass is 35.5. The largest absolute Gasteiger partial charge is 0.453 e. The summed E-state index contributed by atoms with van der Waals surface area (Å²) in [5, 5.41) is 6.46. The van der Waals surface area contributed by atoms with Gasteiger partial charge in [-0.1, -0.05) is 11.6 Å². The van der Waals surface area contributed by atoms with E-state index in [1.165, 1.54) is 30.2 Å². The molecule has 2 aliphatic rings. The number of thioether (sulfide) groups is 1. The van der Waals surface area contributed by atoms with Gasteiger partial charge >= 0.3 is 12.1 Å². The number of benzene rings is 1. The van der Waals surface area contributed by atoms with Crippen LogP contribution < -0.4 is 16.0 Å². The molecular formula is C20H22ClN5O4S2. The van der Waals surface area contributed by atoms with Crippen LogP contribution in [0.2, 0.25) is 5.02 Å².